The Kier molecular flexibility index (Phi) is 2.63. The molecule has 1 nitrogen and oxygen atoms in total. The zero-order valence-electron chi connectivity index (χ0n) is 5.91. The van der Waals surface area contributed by atoms with E-state index in [0.29, 0.717) is 0 Å². The second-order valence-corrected chi connectivity index (χ2v) is 7.00. The molecule has 0 unspecified atom stereocenters. The lowest BCUT2D eigenvalue weighted by Gasteiger charge is -2.10. The van der Waals surface area contributed by atoms with Gasteiger partial charge in [0.05, 0.1) is 6.11 Å². The molecule has 0 aliphatic rings. The van der Waals surface area contributed by atoms with Crippen LogP contribution in [0.15, 0.2) is 0 Å². The lowest BCUT2D eigenvalue weighted by molar-refractivity contribution is 0.519. The summed E-state index contributed by atoms with van der Waals surface area (Å²) in [5.41, 5.74) is 0. The average molecular weight is 128 g/mol. The number of hydrogen-bond acceptors (Lipinski definition) is 1. The molecule has 0 fully saturated rings. The first-order chi connectivity index (χ1) is 3.56. The van der Waals surface area contributed by atoms with E-state index in [9.17, 15) is 0 Å². The minimum Gasteiger partial charge on any atom is -0.501 e. The highest BCUT2D eigenvalue weighted by molar-refractivity contribution is 6.70. The fraction of sp³-hybridized carbons (Fsp3) is 0.667. The predicted molar refractivity (Wildman–Crippen MR) is 37.9 cm³/mol. The molecule has 0 aliphatic heterocycles. The highest BCUT2D eigenvalue weighted by Crippen LogP contribution is 1.99. The Morgan fingerprint density at radius 1 is 1.25 bits per heavy atom. The van der Waals surface area contributed by atoms with Gasteiger partial charge in [0.25, 0.3) is 8.32 Å². The van der Waals surface area contributed by atoms with Crippen molar-refractivity contribution >= 4 is 8.32 Å². The summed E-state index contributed by atoms with van der Waals surface area (Å²) in [6, 6.07) is 0. The summed E-state index contributed by atoms with van der Waals surface area (Å²) in [6.07, 6.45) is 2.60. The minimum absolute atomic E-state index is 1.35. The Morgan fingerprint density at radius 3 is 1.88 bits per heavy atom. The molecule has 0 heterocycles. The molecule has 0 bridgehead atoms. The van der Waals surface area contributed by atoms with Crippen LogP contribution in [0.25, 0.3) is 0 Å². The van der Waals surface area contributed by atoms with Gasteiger partial charge in [0.2, 0.25) is 0 Å². The van der Waals surface area contributed by atoms with E-state index >= 15 is 0 Å². The summed E-state index contributed by atoms with van der Waals surface area (Å²) in [5, 5.41) is 0. The van der Waals surface area contributed by atoms with Gasteiger partial charge in [0, 0.05) is 6.92 Å². The van der Waals surface area contributed by atoms with E-state index in [2.05, 4.69) is 31.7 Å². The van der Waals surface area contributed by atoms with Crippen LogP contribution in [0.5, 0.6) is 0 Å². The van der Waals surface area contributed by atoms with E-state index in [0.717, 1.165) is 0 Å². The van der Waals surface area contributed by atoms with Gasteiger partial charge in [-0.2, -0.15) is 0 Å². The monoisotopic (exact) mass is 128 g/mol. The molecule has 0 saturated carbocycles. The average Bonchev–Trinajstić information content (AvgIpc) is 1.59. The van der Waals surface area contributed by atoms with Crippen molar-refractivity contribution in [1.82, 2.24) is 0 Å². The van der Waals surface area contributed by atoms with Crippen LogP contribution >= 0.6 is 0 Å². The van der Waals surface area contributed by atoms with Crippen molar-refractivity contribution in [3.8, 4) is 12.0 Å². The van der Waals surface area contributed by atoms with E-state index in [1.807, 2.05) is 0 Å². The lowest BCUT2D eigenvalue weighted by Crippen LogP contribution is -2.22. The van der Waals surface area contributed by atoms with Gasteiger partial charge in [-0.25, -0.2) is 0 Å². The normalized spacial score (nSPS) is 9.50. The maximum absolute atomic E-state index is 5.16. The molecule has 0 aromatic rings. The Morgan fingerprint density at radius 2 is 1.75 bits per heavy atom. The Bertz CT molecular complexity index is 113. The maximum Gasteiger partial charge on any atom is 0.255 e. The van der Waals surface area contributed by atoms with Crippen LogP contribution in [0.1, 0.15) is 6.92 Å². The van der Waals surface area contributed by atoms with E-state index in [-0.39, 0.29) is 0 Å². The van der Waals surface area contributed by atoms with E-state index < -0.39 is 8.32 Å². The molecule has 2 heteroatoms. The first-order valence-electron chi connectivity index (χ1n) is 2.66. The smallest absolute Gasteiger partial charge is 0.255 e. The SMILES string of the molecule is CC#CO[Si](C)(C)C. The van der Waals surface area contributed by atoms with Gasteiger partial charge in [-0.3, -0.25) is 0 Å². The Balaban J connectivity index is 3.50. The van der Waals surface area contributed by atoms with Crippen molar-refractivity contribution in [3.05, 3.63) is 0 Å². The van der Waals surface area contributed by atoms with Gasteiger partial charge in [-0.15, -0.1) is 0 Å². The molecule has 0 aromatic heterocycles. The van der Waals surface area contributed by atoms with Crippen molar-refractivity contribution in [2.75, 3.05) is 0 Å². The zero-order valence-corrected chi connectivity index (χ0v) is 6.91. The third-order valence-electron chi connectivity index (χ3n) is 0.459. The lowest BCUT2D eigenvalue weighted by atomic mass is 10.8. The van der Waals surface area contributed by atoms with Crippen LogP contribution in [0, 0.1) is 12.0 Å². The molecule has 0 amide bonds. The van der Waals surface area contributed by atoms with Crippen LogP contribution < -0.4 is 0 Å². The van der Waals surface area contributed by atoms with E-state index in [1.165, 1.54) is 0 Å². The first-order valence-corrected chi connectivity index (χ1v) is 6.07. The Labute approximate surface area is 52.2 Å². The van der Waals surface area contributed by atoms with Crippen molar-refractivity contribution in [3.63, 3.8) is 0 Å². The van der Waals surface area contributed by atoms with Crippen LogP contribution in [-0.2, 0) is 4.43 Å². The van der Waals surface area contributed by atoms with Gasteiger partial charge in [0.15, 0.2) is 0 Å². The van der Waals surface area contributed by atoms with Crippen molar-refractivity contribution in [2.45, 2.75) is 26.6 Å². The molecule has 0 atom stereocenters. The molecule has 0 aliphatic carbocycles. The first kappa shape index (κ1) is 7.58. The number of hydrogen-bond donors (Lipinski definition) is 0. The highest BCUT2D eigenvalue weighted by Gasteiger charge is 2.13. The number of rotatable bonds is 1. The Hall–Kier alpha value is -0.423. The van der Waals surface area contributed by atoms with E-state index in [1.54, 1.807) is 6.92 Å². The van der Waals surface area contributed by atoms with Gasteiger partial charge in [-0.1, -0.05) is 5.92 Å². The summed E-state index contributed by atoms with van der Waals surface area (Å²) in [4.78, 5) is 0. The summed E-state index contributed by atoms with van der Waals surface area (Å²) in [7, 11) is -1.35. The van der Waals surface area contributed by atoms with Crippen LogP contribution in [0.4, 0.5) is 0 Å². The maximum atomic E-state index is 5.16. The minimum atomic E-state index is -1.35. The van der Waals surface area contributed by atoms with Gasteiger partial charge < -0.3 is 4.43 Å². The molecule has 8 heavy (non-hydrogen) atoms. The standard InChI is InChI=1S/C6H12OSi/c1-5-6-7-8(2,3)4/h1-4H3. The molecule has 0 N–H and O–H groups in total. The summed E-state index contributed by atoms with van der Waals surface area (Å²) < 4.78 is 5.16. The summed E-state index contributed by atoms with van der Waals surface area (Å²) >= 11 is 0. The predicted octanol–water partition coefficient (Wildman–Crippen LogP) is 1.82. The zero-order chi connectivity index (χ0) is 6.62. The van der Waals surface area contributed by atoms with Crippen molar-refractivity contribution in [2.24, 2.45) is 0 Å². The second-order valence-electron chi connectivity index (χ2n) is 2.57. The van der Waals surface area contributed by atoms with Crippen LogP contribution in [-0.4, -0.2) is 8.32 Å². The fourth-order valence-corrected chi connectivity index (χ4v) is 0.612. The van der Waals surface area contributed by atoms with Crippen LogP contribution in [0.2, 0.25) is 19.6 Å². The molecule has 46 valence electrons. The fourth-order valence-electron chi connectivity index (χ4n) is 0.204. The van der Waals surface area contributed by atoms with E-state index in [4.69, 9.17) is 4.43 Å². The molecular formula is C6H12OSi. The molecule has 0 saturated heterocycles. The third-order valence-corrected chi connectivity index (χ3v) is 1.17. The third kappa shape index (κ3) is 5.58. The quantitative estimate of drug-likeness (QED) is 0.386. The van der Waals surface area contributed by atoms with Crippen LogP contribution in [0.3, 0.4) is 0 Å². The topological polar surface area (TPSA) is 9.23 Å². The summed E-state index contributed by atoms with van der Waals surface area (Å²) in [5.74, 6) is 2.69. The van der Waals surface area contributed by atoms with Gasteiger partial charge >= 0.3 is 0 Å². The van der Waals surface area contributed by atoms with Crippen molar-refractivity contribution in [1.29, 1.82) is 0 Å². The van der Waals surface area contributed by atoms with Gasteiger partial charge in [0.1, 0.15) is 0 Å². The van der Waals surface area contributed by atoms with Crippen molar-refractivity contribution < 1.29 is 4.43 Å². The second kappa shape index (κ2) is 2.78. The largest absolute Gasteiger partial charge is 0.501 e. The molecule has 0 radical (unpaired) electrons. The highest BCUT2D eigenvalue weighted by atomic mass is 28.4. The molecular weight excluding hydrogens is 116 g/mol. The summed E-state index contributed by atoms with van der Waals surface area (Å²) in [6.45, 7) is 8.10. The van der Waals surface area contributed by atoms with Gasteiger partial charge in [-0.05, 0) is 19.6 Å². The molecule has 0 aromatic carbocycles. The molecule has 0 rings (SSSR count). The molecule has 0 spiro atoms.